The molecule has 10 heteroatoms. The Morgan fingerprint density at radius 1 is 1.07 bits per heavy atom. The minimum atomic E-state index is 0.312. The Morgan fingerprint density at radius 2 is 1.96 bits per heavy atom. The highest BCUT2D eigenvalue weighted by Crippen LogP contribution is 2.32. The zero-order chi connectivity index (χ0) is 19.3. The maximum Gasteiger partial charge on any atom is 0.166 e. The number of pyridine rings is 1. The van der Waals surface area contributed by atoms with E-state index in [1.54, 1.807) is 29.9 Å². The maximum absolute atomic E-state index is 6.28. The zero-order valence-corrected chi connectivity index (χ0v) is 16.5. The van der Waals surface area contributed by atoms with Crippen LogP contribution in [0.4, 0.5) is 5.82 Å². The average Bonchev–Trinajstić information content (AvgIpc) is 3.33. The first-order chi connectivity index (χ1) is 13.6. The minimum Gasteiger partial charge on any atom is -0.382 e. The predicted molar refractivity (Wildman–Crippen MR) is 111 cm³/mol. The second-order valence-corrected chi connectivity index (χ2v) is 7.73. The number of benzene rings is 1. The van der Waals surface area contributed by atoms with Gasteiger partial charge in [0, 0.05) is 17.3 Å². The standard InChI is InChI=1S/C18H11Cl2N7S/c19-11-3-4-22-15(20)10(11)6-27-7-23-16(21)14-18(27)26-17(25-14)9-1-2-12-13(5-9)28-8-24-12/h1-5,7-8H,6,21H2. The van der Waals surface area contributed by atoms with Crippen molar-refractivity contribution in [2.24, 2.45) is 0 Å². The number of imidazole rings is 1. The summed E-state index contributed by atoms with van der Waals surface area (Å²) in [5, 5.41) is 0.855. The Labute approximate surface area is 173 Å². The van der Waals surface area contributed by atoms with Crippen LogP contribution >= 0.6 is 34.5 Å². The van der Waals surface area contributed by atoms with Crippen molar-refractivity contribution in [3.63, 3.8) is 0 Å². The SMILES string of the molecule is Nc1ncn(Cc2c(Cl)ccnc2Cl)c2nc(-c3ccc4ncsc4c3)nc1-2. The van der Waals surface area contributed by atoms with Crippen LogP contribution in [0.3, 0.4) is 0 Å². The molecular formula is C18H11Cl2N7S. The first-order valence-electron chi connectivity index (χ1n) is 8.21. The molecule has 0 bridgehead atoms. The smallest absolute Gasteiger partial charge is 0.166 e. The molecule has 138 valence electrons. The highest BCUT2D eigenvalue weighted by molar-refractivity contribution is 7.16. The lowest BCUT2D eigenvalue weighted by Crippen LogP contribution is -2.10. The third-order valence-corrected chi connectivity index (χ3v) is 5.83. The summed E-state index contributed by atoms with van der Waals surface area (Å²) in [6, 6.07) is 7.60. The summed E-state index contributed by atoms with van der Waals surface area (Å²) in [4.78, 5) is 21.9. The molecule has 28 heavy (non-hydrogen) atoms. The van der Waals surface area contributed by atoms with E-state index in [2.05, 4.69) is 19.9 Å². The van der Waals surface area contributed by atoms with E-state index in [4.69, 9.17) is 33.9 Å². The van der Waals surface area contributed by atoms with Crippen molar-refractivity contribution in [2.75, 3.05) is 5.73 Å². The molecule has 3 aromatic rings. The van der Waals surface area contributed by atoms with Crippen LogP contribution in [0, 0.1) is 0 Å². The monoisotopic (exact) mass is 427 g/mol. The molecule has 4 heterocycles. The third-order valence-electron chi connectivity index (χ3n) is 4.36. The van der Waals surface area contributed by atoms with Gasteiger partial charge in [-0.05, 0) is 24.3 Å². The highest BCUT2D eigenvalue weighted by atomic mass is 35.5. The molecule has 0 saturated carbocycles. The number of halogens is 2. The van der Waals surface area contributed by atoms with Crippen LogP contribution in [0.15, 0.2) is 42.3 Å². The molecule has 7 nitrogen and oxygen atoms in total. The van der Waals surface area contributed by atoms with Crippen LogP contribution in [0.5, 0.6) is 0 Å². The Balaban J connectivity index is 1.63. The van der Waals surface area contributed by atoms with E-state index in [0.29, 0.717) is 45.4 Å². The quantitative estimate of drug-likeness (QED) is 0.429. The fourth-order valence-corrected chi connectivity index (χ4v) is 4.14. The summed E-state index contributed by atoms with van der Waals surface area (Å²) in [5.74, 6) is 1.48. The van der Waals surface area contributed by atoms with Crippen LogP contribution in [-0.2, 0) is 6.54 Å². The first-order valence-corrected chi connectivity index (χ1v) is 9.84. The van der Waals surface area contributed by atoms with Crippen molar-refractivity contribution >= 4 is 50.6 Å². The van der Waals surface area contributed by atoms with Crippen LogP contribution in [0.2, 0.25) is 10.2 Å². The molecule has 1 aromatic carbocycles. The second kappa shape index (κ2) is 6.66. The van der Waals surface area contributed by atoms with Gasteiger partial charge in [0.2, 0.25) is 0 Å². The second-order valence-electron chi connectivity index (χ2n) is 6.07. The van der Waals surface area contributed by atoms with Crippen molar-refractivity contribution in [2.45, 2.75) is 6.54 Å². The van der Waals surface area contributed by atoms with Crippen molar-refractivity contribution in [1.82, 2.24) is 29.5 Å². The summed E-state index contributed by atoms with van der Waals surface area (Å²) < 4.78 is 2.88. The number of aromatic nitrogens is 6. The van der Waals surface area contributed by atoms with Gasteiger partial charge in [0.25, 0.3) is 0 Å². The van der Waals surface area contributed by atoms with E-state index in [1.165, 1.54) is 0 Å². The summed E-state index contributed by atoms with van der Waals surface area (Å²) in [6.07, 6.45) is 3.16. The molecule has 2 aliphatic heterocycles. The van der Waals surface area contributed by atoms with Crippen LogP contribution < -0.4 is 5.73 Å². The number of hydrogen-bond donors (Lipinski definition) is 1. The molecule has 0 saturated heterocycles. The molecule has 0 fully saturated rings. The number of nitrogens with zero attached hydrogens (tertiary/aromatic N) is 6. The van der Waals surface area contributed by atoms with Crippen molar-refractivity contribution in [3.8, 4) is 22.9 Å². The van der Waals surface area contributed by atoms with E-state index in [1.807, 2.05) is 28.3 Å². The van der Waals surface area contributed by atoms with Crippen LogP contribution in [0.25, 0.3) is 33.1 Å². The molecular weight excluding hydrogens is 417 g/mol. The average molecular weight is 428 g/mol. The number of fused-ring (bicyclic) bond motifs is 2. The Kier molecular flexibility index (Phi) is 4.12. The van der Waals surface area contributed by atoms with Crippen molar-refractivity contribution < 1.29 is 0 Å². The number of nitrogens with two attached hydrogens (primary N) is 1. The lowest BCUT2D eigenvalue weighted by Gasteiger charge is -2.12. The van der Waals surface area contributed by atoms with E-state index in [-0.39, 0.29) is 0 Å². The summed E-state index contributed by atoms with van der Waals surface area (Å²) >= 11 is 14.1. The maximum atomic E-state index is 6.28. The molecule has 2 N–H and O–H groups in total. The lowest BCUT2D eigenvalue weighted by molar-refractivity contribution is 0.760. The Hall–Kier alpha value is -2.81. The van der Waals surface area contributed by atoms with E-state index < -0.39 is 0 Å². The number of rotatable bonds is 3. The van der Waals surface area contributed by atoms with Gasteiger partial charge < -0.3 is 10.3 Å². The number of anilines is 1. The Bertz CT molecular complexity index is 1280. The van der Waals surface area contributed by atoms with Gasteiger partial charge >= 0.3 is 0 Å². The van der Waals surface area contributed by atoms with Gasteiger partial charge in [-0.25, -0.2) is 24.9 Å². The van der Waals surface area contributed by atoms with Gasteiger partial charge in [0.15, 0.2) is 23.2 Å². The fraction of sp³-hybridized carbons (Fsp3) is 0.0556. The molecule has 2 aromatic heterocycles. The third kappa shape index (κ3) is 2.86. The number of hydrogen-bond acceptors (Lipinski definition) is 7. The van der Waals surface area contributed by atoms with Crippen molar-refractivity contribution in [1.29, 1.82) is 0 Å². The number of thiazole rings is 1. The van der Waals surface area contributed by atoms with Gasteiger partial charge in [-0.2, -0.15) is 0 Å². The fourth-order valence-electron chi connectivity index (χ4n) is 2.95. The molecule has 0 radical (unpaired) electrons. The van der Waals surface area contributed by atoms with E-state index in [9.17, 15) is 0 Å². The van der Waals surface area contributed by atoms with Gasteiger partial charge in [-0.3, -0.25) is 0 Å². The highest BCUT2D eigenvalue weighted by Gasteiger charge is 2.21. The predicted octanol–water partition coefficient (Wildman–Crippen LogP) is 4.39. The van der Waals surface area contributed by atoms with Gasteiger partial charge in [0.1, 0.15) is 5.15 Å². The molecule has 0 amide bonds. The topological polar surface area (TPSA) is 95.4 Å². The largest absolute Gasteiger partial charge is 0.382 e. The Morgan fingerprint density at radius 3 is 2.82 bits per heavy atom. The van der Waals surface area contributed by atoms with E-state index in [0.717, 1.165) is 15.8 Å². The molecule has 0 spiro atoms. The summed E-state index contributed by atoms with van der Waals surface area (Å²) in [5.41, 5.74) is 10.9. The van der Waals surface area contributed by atoms with E-state index >= 15 is 0 Å². The summed E-state index contributed by atoms with van der Waals surface area (Å²) in [7, 11) is 0. The lowest BCUT2D eigenvalue weighted by atomic mass is 10.2. The minimum absolute atomic E-state index is 0.312. The van der Waals surface area contributed by atoms with Crippen LogP contribution in [-0.4, -0.2) is 29.5 Å². The van der Waals surface area contributed by atoms with Gasteiger partial charge in [0.05, 0.1) is 33.6 Å². The normalized spacial score (nSPS) is 11.5. The van der Waals surface area contributed by atoms with Gasteiger partial charge in [-0.15, -0.1) is 11.3 Å². The molecule has 0 aliphatic carbocycles. The van der Waals surface area contributed by atoms with Gasteiger partial charge in [-0.1, -0.05) is 23.2 Å². The molecule has 5 rings (SSSR count). The molecule has 0 unspecified atom stereocenters. The summed E-state index contributed by atoms with van der Waals surface area (Å²) in [6.45, 7) is 0.349. The molecule has 0 atom stereocenters. The molecule has 2 aliphatic rings. The number of nitrogen functional groups attached to an aromatic ring is 1. The van der Waals surface area contributed by atoms with Crippen LogP contribution in [0.1, 0.15) is 5.56 Å². The first kappa shape index (κ1) is 17.3. The van der Waals surface area contributed by atoms with Crippen molar-refractivity contribution in [3.05, 3.63) is 58.0 Å². The zero-order valence-electron chi connectivity index (χ0n) is 14.2.